The normalized spacial score (nSPS) is 11.7. The molecule has 132 valence electrons. The van der Waals surface area contributed by atoms with Crippen LogP contribution in [0, 0.1) is 0 Å². The summed E-state index contributed by atoms with van der Waals surface area (Å²) >= 11 is 12.0. The van der Waals surface area contributed by atoms with Crippen LogP contribution in [0.4, 0.5) is 11.4 Å². The number of carbonyl (C=O) groups is 1. The van der Waals surface area contributed by atoms with Crippen molar-refractivity contribution in [1.82, 2.24) is 0 Å². The molecule has 0 saturated carbocycles. The van der Waals surface area contributed by atoms with E-state index in [1.807, 2.05) is 42.5 Å². The predicted octanol–water partition coefficient (Wildman–Crippen LogP) is 6.10. The third kappa shape index (κ3) is 4.57. The van der Waals surface area contributed by atoms with Crippen molar-refractivity contribution in [1.29, 1.82) is 0 Å². The minimum atomic E-state index is -0.437. The summed E-state index contributed by atoms with van der Waals surface area (Å²) in [7, 11) is 0. The number of halogens is 2. The van der Waals surface area contributed by atoms with Gasteiger partial charge in [-0.25, -0.2) is 0 Å². The lowest BCUT2D eigenvalue weighted by Gasteiger charge is -2.16. The third-order valence-corrected chi connectivity index (χ3v) is 4.52. The molecule has 2 N–H and O–H groups in total. The maximum Gasteiger partial charge on any atom is 0.246 e. The number of benzene rings is 3. The van der Waals surface area contributed by atoms with Crippen LogP contribution in [-0.4, -0.2) is 11.9 Å². The molecule has 1 atom stereocenters. The Hall–Kier alpha value is -2.49. The Morgan fingerprint density at radius 2 is 1.54 bits per heavy atom. The number of carbonyl (C=O) groups excluding carboxylic acids is 1. The molecule has 0 spiro atoms. The van der Waals surface area contributed by atoms with E-state index in [1.165, 1.54) is 0 Å². The lowest BCUT2D eigenvalue weighted by atomic mass is 10.1. The van der Waals surface area contributed by atoms with E-state index in [1.54, 1.807) is 25.1 Å². The Balaban J connectivity index is 1.64. The van der Waals surface area contributed by atoms with Gasteiger partial charge in [0.2, 0.25) is 5.91 Å². The molecule has 0 saturated heterocycles. The van der Waals surface area contributed by atoms with Crippen molar-refractivity contribution >= 4 is 40.5 Å². The van der Waals surface area contributed by atoms with E-state index in [4.69, 9.17) is 23.2 Å². The number of hydrogen-bond acceptors (Lipinski definition) is 2. The average Bonchev–Trinajstić information content (AvgIpc) is 2.66. The number of rotatable bonds is 5. The van der Waals surface area contributed by atoms with Gasteiger partial charge in [-0.15, -0.1) is 0 Å². The first-order chi connectivity index (χ1) is 12.5. The highest BCUT2D eigenvalue weighted by atomic mass is 35.5. The first kappa shape index (κ1) is 18.3. The Labute approximate surface area is 163 Å². The Morgan fingerprint density at radius 1 is 0.885 bits per heavy atom. The number of nitrogens with one attached hydrogen (secondary N) is 2. The van der Waals surface area contributed by atoms with Crippen molar-refractivity contribution in [2.75, 3.05) is 10.6 Å². The monoisotopic (exact) mass is 384 g/mol. The predicted molar refractivity (Wildman–Crippen MR) is 110 cm³/mol. The minimum Gasteiger partial charge on any atom is -0.374 e. The second-order valence-corrected chi connectivity index (χ2v) is 6.77. The van der Waals surface area contributed by atoms with E-state index in [9.17, 15) is 4.79 Å². The zero-order valence-electron chi connectivity index (χ0n) is 14.2. The molecule has 0 unspecified atom stereocenters. The summed E-state index contributed by atoms with van der Waals surface area (Å²) in [6.07, 6.45) is 0. The second kappa shape index (κ2) is 8.26. The highest BCUT2D eigenvalue weighted by Crippen LogP contribution is 2.26. The van der Waals surface area contributed by atoms with Crippen LogP contribution in [0.5, 0.6) is 0 Å². The highest BCUT2D eigenvalue weighted by Gasteiger charge is 2.14. The molecule has 26 heavy (non-hydrogen) atoms. The summed E-state index contributed by atoms with van der Waals surface area (Å²) in [5, 5.41) is 6.94. The molecular weight excluding hydrogens is 367 g/mol. The number of anilines is 2. The van der Waals surface area contributed by atoms with E-state index < -0.39 is 6.04 Å². The quantitative estimate of drug-likeness (QED) is 0.557. The molecule has 0 fully saturated rings. The summed E-state index contributed by atoms with van der Waals surface area (Å²) in [6, 6.07) is 22.6. The molecule has 0 aromatic heterocycles. The fraction of sp³-hybridized carbons (Fsp3) is 0.0952. The van der Waals surface area contributed by atoms with Crippen LogP contribution < -0.4 is 10.6 Å². The smallest absolute Gasteiger partial charge is 0.246 e. The van der Waals surface area contributed by atoms with Gasteiger partial charge < -0.3 is 10.6 Å². The molecule has 0 bridgehead atoms. The topological polar surface area (TPSA) is 41.1 Å². The summed E-state index contributed by atoms with van der Waals surface area (Å²) < 4.78 is 0. The Morgan fingerprint density at radius 3 is 2.23 bits per heavy atom. The molecule has 3 nitrogen and oxygen atoms in total. The minimum absolute atomic E-state index is 0.193. The van der Waals surface area contributed by atoms with Crippen LogP contribution in [0.2, 0.25) is 10.0 Å². The maximum absolute atomic E-state index is 12.4. The SMILES string of the molecule is C[C@H](Nc1ccc(-c2ccccc2)cc1)C(=O)Nc1cc(Cl)ccc1Cl. The molecule has 0 aliphatic heterocycles. The van der Waals surface area contributed by atoms with E-state index in [0.29, 0.717) is 15.7 Å². The van der Waals surface area contributed by atoms with E-state index in [2.05, 4.69) is 22.8 Å². The molecule has 0 aliphatic rings. The van der Waals surface area contributed by atoms with Gasteiger partial charge >= 0.3 is 0 Å². The molecule has 5 heteroatoms. The van der Waals surface area contributed by atoms with E-state index >= 15 is 0 Å². The molecule has 3 aromatic rings. The third-order valence-electron chi connectivity index (χ3n) is 3.95. The van der Waals surface area contributed by atoms with Gasteiger partial charge in [-0.1, -0.05) is 65.7 Å². The maximum atomic E-state index is 12.4. The van der Waals surface area contributed by atoms with Crippen LogP contribution in [0.15, 0.2) is 72.8 Å². The first-order valence-corrected chi connectivity index (χ1v) is 8.96. The van der Waals surface area contributed by atoms with Crippen molar-refractivity contribution in [3.8, 4) is 11.1 Å². The van der Waals surface area contributed by atoms with Crippen molar-refractivity contribution in [3.63, 3.8) is 0 Å². The molecule has 3 rings (SSSR count). The molecule has 0 heterocycles. The average molecular weight is 385 g/mol. The molecule has 1 amide bonds. The zero-order valence-corrected chi connectivity index (χ0v) is 15.7. The van der Waals surface area contributed by atoms with Crippen molar-refractivity contribution in [3.05, 3.63) is 82.8 Å². The van der Waals surface area contributed by atoms with Gasteiger partial charge in [0.15, 0.2) is 0 Å². The number of amides is 1. The summed E-state index contributed by atoms with van der Waals surface area (Å²) in [5.74, 6) is -0.193. The summed E-state index contributed by atoms with van der Waals surface area (Å²) in [5.41, 5.74) is 3.64. The highest BCUT2D eigenvalue weighted by molar-refractivity contribution is 6.35. The first-order valence-electron chi connectivity index (χ1n) is 8.21. The van der Waals surface area contributed by atoms with Gasteiger partial charge in [-0.2, -0.15) is 0 Å². The summed E-state index contributed by atoms with van der Waals surface area (Å²) in [4.78, 5) is 12.4. The Bertz CT molecular complexity index is 896. The van der Waals surface area contributed by atoms with Gasteiger partial charge in [0.05, 0.1) is 10.7 Å². The molecule has 3 aromatic carbocycles. The number of hydrogen-bond donors (Lipinski definition) is 2. The lowest BCUT2D eigenvalue weighted by Crippen LogP contribution is -2.31. The molecule has 0 radical (unpaired) electrons. The standard InChI is InChI=1S/C21H18Cl2N2O/c1-14(21(26)25-20-13-17(22)9-12-19(20)23)24-18-10-7-16(8-11-18)15-5-3-2-4-6-15/h2-14,24H,1H3,(H,25,26)/t14-/m0/s1. The molecular formula is C21H18Cl2N2O. The fourth-order valence-corrected chi connectivity index (χ4v) is 2.88. The van der Waals surface area contributed by atoms with Gasteiger partial charge in [0, 0.05) is 10.7 Å². The largest absolute Gasteiger partial charge is 0.374 e. The van der Waals surface area contributed by atoms with Crippen molar-refractivity contribution in [2.45, 2.75) is 13.0 Å². The van der Waals surface area contributed by atoms with Gasteiger partial charge in [-0.05, 0) is 48.4 Å². The van der Waals surface area contributed by atoms with Gasteiger partial charge in [0.1, 0.15) is 6.04 Å². The summed E-state index contributed by atoms with van der Waals surface area (Å²) in [6.45, 7) is 1.79. The van der Waals surface area contributed by atoms with Crippen LogP contribution >= 0.6 is 23.2 Å². The van der Waals surface area contributed by atoms with Gasteiger partial charge in [-0.3, -0.25) is 4.79 Å². The second-order valence-electron chi connectivity index (χ2n) is 5.92. The van der Waals surface area contributed by atoms with Crippen LogP contribution in [0.1, 0.15) is 6.92 Å². The van der Waals surface area contributed by atoms with Crippen LogP contribution in [0.3, 0.4) is 0 Å². The van der Waals surface area contributed by atoms with Crippen LogP contribution in [0.25, 0.3) is 11.1 Å². The fourth-order valence-electron chi connectivity index (χ4n) is 2.54. The van der Waals surface area contributed by atoms with Crippen molar-refractivity contribution in [2.24, 2.45) is 0 Å². The van der Waals surface area contributed by atoms with Gasteiger partial charge in [0.25, 0.3) is 0 Å². The van der Waals surface area contributed by atoms with E-state index in [-0.39, 0.29) is 5.91 Å². The van der Waals surface area contributed by atoms with Crippen molar-refractivity contribution < 1.29 is 4.79 Å². The zero-order chi connectivity index (χ0) is 18.5. The van der Waals surface area contributed by atoms with Crippen LogP contribution in [-0.2, 0) is 4.79 Å². The molecule has 0 aliphatic carbocycles. The van der Waals surface area contributed by atoms with E-state index in [0.717, 1.165) is 16.8 Å². The Kier molecular flexibility index (Phi) is 5.82. The lowest BCUT2D eigenvalue weighted by molar-refractivity contribution is -0.116.